The molecular weight excluding hydrogens is 282 g/mol. The second-order valence-corrected chi connectivity index (χ2v) is 6.58. The topological polar surface area (TPSA) is 51.2 Å². The molecule has 5 heteroatoms. The molecular formula is C17H19NO4. The summed E-state index contributed by atoms with van der Waals surface area (Å²) in [7, 11) is 1.75. The predicted molar refractivity (Wildman–Crippen MR) is 78.9 cm³/mol. The molecule has 5 atom stereocenters. The number of fused-ring (bicyclic) bond motifs is 2. The zero-order chi connectivity index (χ0) is 14.9. The van der Waals surface area contributed by atoms with E-state index in [2.05, 4.69) is 23.1 Å². The van der Waals surface area contributed by atoms with E-state index in [1.165, 1.54) is 5.56 Å². The Morgan fingerprint density at radius 1 is 1.32 bits per heavy atom. The van der Waals surface area contributed by atoms with E-state index in [1.54, 1.807) is 7.11 Å². The fraction of sp³-hybridized carbons (Fsp3) is 0.529. The maximum absolute atomic E-state index is 10.8. The molecule has 3 heterocycles. The zero-order valence-corrected chi connectivity index (χ0v) is 12.5. The first-order valence-electron chi connectivity index (χ1n) is 7.83. The molecule has 22 heavy (non-hydrogen) atoms. The first kappa shape index (κ1) is 12.9. The van der Waals surface area contributed by atoms with Crippen LogP contribution in [0.25, 0.3) is 0 Å². The summed E-state index contributed by atoms with van der Waals surface area (Å²) < 4.78 is 16.6. The summed E-state index contributed by atoms with van der Waals surface area (Å²) in [4.78, 5) is 2.21. The van der Waals surface area contributed by atoms with Crippen LogP contribution in [-0.4, -0.2) is 42.6 Å². The van der Waals surface area contributed by atoms with E-state index in [1.807, 2.05) is 6.07 Å². The summed E-state index contributed by atoms with van der Waals surface area (Å²) in [5, 5.41) is 10.8. The number of aliphatic hydroxyl groups is 1. The normalized spacial score (nSPS) is 40.5. The minimum absolute atomic E-state index is 0.0371. The van der Waals surface area contributed by atoms with Crippen LogP contribution in [0.2, 0.25) is 0 Å². The van der Waals surface area contributed by atoms with Crippen molar-refractivity contribution >= 4 is 0 Å². The minimum Gasteiger partial charge on any atom is -0.454 e. The summed E-state index contributed by atoms with van der Waals surface area (Å²) in [5.41, 5.74) is 2.11. The smallest absolute Gasteiger partial charge is 0.231 e. The third kappa shape index (κ3) is 1.44. The molecule has 5 nitrogen and oxygen atoms in total. The highest BCUT2D eigenvalue weighted by Gasteiger charge is 2.56. The molecule has 1 aromatic rings. The van der Waals surface area contributed by atoms with Crippen LogP contribution in [0.4, 0.5) is 0 Å². The van der Waals surface area contributed by atoms with Gasteiger partial charge < -0.3 is 19.3 Å². The second-order valence-electron chi connectivity index (χ2n) is 6.58. The number of hydrogen-bond donors (Lipinski definition) is 1. The van der Waals surface area contributed by atoms with E-state index in [4.69, 9.17) is 14.2 Å². The summed E-state index contributed by atoms with van der Waals surface area (Å²) >= 11 is 0. The highest BCUT2D eigenvalue weighted by molar-refractivity contribution is 5.56. The van der Waals surface area contributed by atoms with E-state index in [-0.39, 0.29) is 24.4 Å². The summed E-state index contributed by atoms with van der Waals surface area (Å²) in [5.74, 6) is 1.53. The number of rotatable bonds is 1. The number of benzene rings is 1. The van der Waals surface area contributed by atoms with Gasteiger partial charge in [0.1, 0.15) is 6.23 Å². The second kappa shape index (κ2) is 4.25. The predicted octanol–water partition coefficient (Wildman–Crippen LogP) is 1.71. The van der Waals surface area contributed by atoms with Gasteiger partial charge in [-0.15, -0.1) is 0 Å². The van der Waals surface area contributed by atoms with Crippen molar-refractivity contribution in [1.82, 2.24) is 4.90 Å². The highest BCUT2D eigenvalue weighted by Crippen LogP contribution is 2.56. The molecule has 3 aliphatic heterocycles. The summed E-state index contributed by atoms with van der Waals surface area (Å²) in [6.07, 6.45) is 5.95. The van der Waals surface area contributed by atoms with E-state index in [9.17, 15) is 5.11 Å². The average Bonchev–Trinajstić information content (AvgIpc) is 3.13. The molecule has 0 amide bonds. The lowest BCUT2D eigenvalue weighted by Crippen LogP contribution is -2.51. The average molecular weight is 301 g/mol. The molecule has 0 saturated carbocycles. The molecule has 1 aliphatic carbocycles. The van der Waals surface area contributed by atoms with E-state index in [0.717, 1.165) is 36.4 Å². The molecule has 5 rings (SSSR count). The lowest BCUT2D eigenvalue weighted by Gasteiger charge is -2.47. The first-order valence-corrected chi connectivity index (χ1v) is 7.83. The van der Waals surface area contributed by atoms with Crippen LogP contribution in [-0.2, 0) is 10.2 Å². The van der Waals surface area contributed by atoms with Gasteiger partial charge in [0.2, 0.25) is 6.79 Å². The van der Waals surface area contributed by atoms with Gasteiger partial charge in [0.15, 0.2) is 11.5 Å². The number of methoxy groups -OCH3 is 1. The van der Waals surface area contributed by atoms with Gasteiger partial charge in [0.25, 0.3) is 0 Å². The Bertz CT molecular complexity index is 673. The highest BCUT2D eigenvalue weighted by atomic mass is 16.7. The third-order valence-corrected chi connectivity index (χ3v) is 5.78. The van der Waals surface area contributed by atoms with Crippen molar-refractivity contribution in [3.05, 3.63) is 35.4 Å². The van der Waals surface area contributed by atoms with Crippen molar-refractivity contribution in [1.29, 1.82) is 0 Å². The van der Waals surface area contributed by atoms with Crippen LogP contribution >= 0.6 is 0 Å². The van der Waals surface area contributed by atoms with Gasteiger partial charge in [0, 0.05) is 30.7 Å². The van der Waals surface area contributed by atoms with Crippen molar-refractivity contribution < 1.29 is 19.3 Å². The van der Waals surface area contributed by atoms with Crippen molar-refractivity contribution in [2.75, 3.05) is 20.4 Å². The third-order valence-electron chi connectivity index (χ3n) is 5.78. The zero-order valence-electron chi connectivity index (χ0n) is 12.5. The van der Waals surface area contributed by atoms with Gasteiger partial charge in [-0.25, -0.2) is 0 Å². The lowest BCUT2D eigenvalue weighted by atomic mass is 9.66. The summed E-state index contributed by atoms with van der Waals surface area (Å²) in [6, 6.07) is 4.31. The Morgan fingerprint density at radius 3 is 2.95 bits per heavy atom. The van der Waals surface area contributed by atoms with Gasteiger partial charge in [-0.05, 0) is 30.5 Å². The number of nitrogens with zero attached hydrogens (tertiary/aromatic N) is 1. The van der Waals surface area contributed by atoms with Gasteiger partial charge >= 0.3 is 0 Å². The molecule has 5 unspecified atom stereocenters. The lowest BCUT2D eigenvalue weighted by molar-refractivity contribution is -0.0399. The number of aliphatic hydroxyl groups excluding tert-OH is 1. The maximum Gasteiger partial charge on any atom is 0.231 e. The van der Waals surface area contributed by atoms with Crippen molar-refractivity contribution in [2.24, 2.45) is 0 Å². The fourth-order valence-electron chi connectivity index (χ4n) is 4.67. The Kier molecular flexibility index (Phi) is 2.50. The Morgan fingerprint density at radius 2 is 2.14 bits per heavy atom. The van der Waals surface area contributed by atoms with Gasteiger partial charge in [-0.3, -0.25) is 4.90 Å². The quantitative estimate of drug-likeness (QED) is 0.800. The molecule has 1 N–H and O–H groups in total. The van der Waals surface area contributed by atoms with Crippen LogP contribution in [0.1, 0.15) is 30.2 Å². The molecule has 0 aromatic heterocycles. The molecule has 1 saturated heterocycles. The SMILES string of the molecule is COC1C=CC23CCN(C(O)c4cc5c(cc42)OCO5)C3C1. The van der Waals surface area contributed by atoms with Crippen LogP contribution in [0.15, 0.2) is 24.3 Å². The van der Waals surface area contributed by atoms with E-state index in [0.29, 0.717) is 0 Å². The molecule has 2 bridgehead atoms. The van der Waals surface area contributed by atoms with Crippen molar-refractivity contribution in [3.8, 4) is 11.5 Å². The minimum atomic E-state index is -0.575. The standard InChI is InChI=1S/C17H19NO4/c1-20-10-2-3-17-4-5-18(15(17)6-10)16(19)11-7-13-14(8-12(11)17)22-9-21-13/h2-3,7-8,10,15-16,19H,4-6,9H2,1H3. The maximum atomic E-state index is 10.8. The van der Waals surface area contributed by atoms with Crippen molar-refractivity contribution in [2.45, 2.75) is 36.6 Å². The van der Waals surface area contributed by atoms with E-state index < -0.39 is 6.23 Å². The summed E-state index contributed by atoms with van der Waals surface area (Å²) in [6.45, 7) is 1.16. The molecule has 0 spiro atoms. The molecule has 1 aromatic carbocycles. The van der Waals surface area contributed by atoms with Crippen LogP contribution in [0, 0.1) is 0 Å². The van der Waals surface area contributed by atoms with Gasteiger partial charge in [-0.2, -0.15) is 0 Å². The first-order chi connectivity index (χ1) is 10.7. The molecule has 1 fully saturated rings. The monoisotopic (exact) mass is 301 g/mol. The van der Waals surface area contributed by atoms with Crippen LogP contribution in [0.5, 0.6) is 11.5 Å². The Hall–Kier alpha value is -1.56. The van der Waals surface area contributed by atoms with Crippen LogP contribution in [0.3, 0.4) is 0 Å². The van der Waals surface area contributed by atoms with Crippen molar-refractivity contribution in [3.63, 3.8) is 0 Å². The number of ether oxygens (including phenoxy) is 3. The van der Waals surface area contributed by atoms with Gasteiger partial charge in [0.05, 0.1) is 6.10 Å². The van der Waals surface area contributed by atoms with E-state index >= 15 is 0 Å². The molecule has 116 valence electrons. The number of hydrogen-bond acceptors (Lipinski definition) is 5. The fourth-order valence-corrected chi connectivity index (χ4v) is 4.67. The van der Waals surface area contributed by atoms with Gasteiger partial charge in [-0.1, -0.05) is 12.2 Å². The Labute approximate surface area is 129 Å². The molecule has 0 radical (unpaired) electrons. The molecule has 4 aliphatic rings. The largest absolute Gasteiger partial charge is 0.454 e. The Balaban J connectivity index is 1.72. The van der Waals surface area contributed by atoms with Crippen LogP contribution < -0.4 is 9.47 Å².